The summed E-state index contributed by atoms with van der Waals surface area (Å²) in [4.78, 5) is 17.4. The van der Waals surface area contributed by atoms with Crippen LogP contribution >= 0.6 is 0 Å². The molecule has 2 N–H and O–H groups in total. The minimum Gasteiger partial charge on any atom is -0.512 e. The molecule has 44 heavy (non-hydrogen) atoms. The molecule has 2 aromatic carbocycles. The highest BCUT2D eigenvalue weighted by Crippen LogP contribution is 2.49. The number of esters is 1. The number of hydrogen-bond acceptors (Lipinski definition) is 6. The average molecular weight is 631 g/mol. The molecule has 2 heterocycles. The molecule has 0 radical (unpaired) electrons. The third-order valence-electron chi connectivity index (χ3n) is 7.78. The van der Waals surface area contributed by atoms with E-state index in [4.69, 9.17) is 4.74 Å². The van der Waals surface area contributed by atoms with Gasteiger partial charge in [-0.15, -0.1) is 0 Å². The van der Waals surface area contributed by atoms with E-state index < -0.39 is 49.7 Å². The summed E-state index contributed by atoms with van der Waals surface area (Å²) in [7, 11) is -4.34. The summed E-state index contributed by atoms with van der Waals surface area (Å²) in [5.74, 6) is -1.42. The number of aryl methyl sites for hydroxylation is 1. The molecule has 0 amide bonds. The number of aromatic nitrogens is 1. The zero-order valence-electron chi connectivity index (χ0n) is 25.3. The fourth-order valence-electron chi connectivity index (χ4n) is 5.93. The molecular formula is C33H37F3N2O5S. The normalized spacial score (nSPS) is 18.6. The lowest BCUT2D eigenvalue weighted by atomic mass is 9.69. The predicted molar refractivity (Wildman–Crippen MR) is 161 cm³/mol. The first-order chi connectivity index (χ1) is 20.5. The van der Waals surface area contributed by atoms with Crippen LogP contribution in [0.5, 0.6) is 0 Å². The van der Waals surface area contributed by atoms with E-state index in [2.05, 4.69) is 9.71 Å². The molecule has 4 rings (SSSR count). The van der Waals surface area contributed by atoms with Crippen LogP contribution in [-0.4, -0.2) is 24.5 Å². The first-order valence-electron chi connectivity index (χ1n) is 14.4. The summed E-state index contributed by atoms with van der Waals surface area (Å²) in [5.41, 5.74) is -0.0819. The molecule has 0 fully saturated rings. The summed E-state index contributed by atoms with van der Waals surface area (Å²) >= 11 is 0. The van der Waals surface area contributed by atoms with Gasteiger partial charge in [0, 0.05) is 24.2 Å². The number of alkyl halides is 3. The number of ether oxygens (including phenoxy) is 1. The SMILES string of the molecule is CCCC1(c2ccccc2CC)CC(O)=C(C(c2cccc(NS(=O)(=O)c3ccc(C(F)(F)F)cn3)c2)C(C)(C)C)C(=O)O1. The van der Waals surface area contributed by atoms with Crippen molar-refractivity contribution in [3.8, 4) is 0 Å². The molecule has 7 nitrogen and oxygen atoms in total. The van der Waals surface area contributed by atoms with E-state index in [-0.39, 0.29) is 23.4 Å². The van der Waals surface area contributed by atoms with Gasteiger partial charge in [-0.3, -0.25) is 4.72 Å². The van der Waals surface area contributed by atoms with E-state index in [0.29, 0.717) is 30.7 Å². The van der Waals surface area contributed by atoms with Crippen molar-refractivity contribution in [1.29, 1.82) is 0 Å². The Morgan fingerprint density at radius 3 is 2.32 bits per heavy atom. The number of aliphatic hydroxyl groups is 1. The van der Waals surface area contributed by atoms with Gasteiger partial charge >= 0.3 is 12.1 Å². The highest BCUT2D eigenvalue weighted by Gasteiger charge is 2.47. The van der Waals surface area contributed by atoms with Crippen molar-refractivity contribution >= 4 is 21.7 Å². The van der Waals surface area contributed by atoms with Crippen molar-refractivity contribution in [2.45, 2.75) is 83.0 Å². The number of rotatable bonds is 9. The number of sulfonamides is 1. The topological polar surface area (TPSA) is 106 Å². The van der Waals surface area contributed by atoms with E-state index in [1.807, 2.05) is 58.9 Å². The van der Waals surface area contributed by atoms with Crippen LogP contribution < -0.4 is 4.72 Å². The molecule has 0 aliphatic carbocycles. The summed E-state index contributed by atoms with van der Waals surface area (Å²) in [6, 6.07) is 15.5. The molecule has 0 saturated heterocycles. The molecule has 3 aromatic rings. The monoisotopic (exact) mass is 630 g/mol. The van der Waals surface area contributed by atoms with Gasteiger partial charge in [0.15, 0.2) is 5.03 Å². The number of nitrogens with zero attached hydrogens (tertiary/aromatic N) is 1. The maximum absolute atomic E-state index is 13.9. The van der Waals surface area contributed by atoms with Crippen molar-refractivity contribution in [3.63, 3.8) is 0 Å². The highest BCUT2D eigenvalue weighted by molar-refractivity contribution is 7.92. The summed E-state index contributed by atoms with van der Waals surface area (Å²) in [5, 5.41) is 11.0. The van der Waals surface area contributed by atoms with Crippen molar-refractivity contribution in [2.75, 3.05) is 4.72 Å². The van der Waals surface area contributed by atoms with Gasteiger partial charge in [-0.2, -0.15) is 21.6 Å². The Morgan fingerprint density at radius 2 is 1.75 bits per heavy atom. The van der Waals surface area contributed by atoms with Gasteiger partial charge in [0.2, 0.25) is 0 Å². The highest BCUT2D eigenvalue weighted by atomic mass is 32.2. The van der Waals surface area contributed by atoms with Crippen molar-refractivity contribution in [3.05, 3.63) is 100 Å². The molecule has 2 atom stereocenters. The maximum atomic E-state index is 13.9. The molecule has 236 valence electrons. The Bertz CT molecular complexity index is 1660. The lowest BCUT2D eigenvalue weighted by Gasteiger charge is -2.42. The second-order valence-electron chi connectivity index (χ2n) is 12.1. The number of hydrogen-bond donors (Lipinski definition) is 2. The first-order valence-corrected chi connectivity index (χ1v) is 15.9. The lowest BCUT2D eigenvalue weighted by molar-refractivity contribution is -0.162. The number of aliphatic hydroxyl groups excluding tert-OH is 1. The summed E-state index contributed by atoms with van der Waals surface area (Å²) < 4.78 is 73.4. The molecule has 1 aliphatic heterocycles. The van der Waals surface area contributed by atoms with Crippen molar-refractivity contribution in [1.82, 2.24) is 4.98 Å². The quantitative estimate of drug-likeness (QED) is 0.232. The van der Waals surface area contributed by atoms with Crippen LogP contribution in [0.2, 0.25) is 0 Å². The summed E-state index contributed by atoms with van der Waals surface area (Å²) in [6.07, 6.45) is -2.14. The van der Waals surface area contributed by atoms with Gasteiger partial charge in [-0.1, -0.05) is 77.4 Å². The smallest absolute Gasteiger partial charge is 0.417 e. The molecule has 0 saturated carbocycles. The number of cyclic esters (lactones) is 1. The van der Waals surface area contributed by atoms with Crippen LogP contribution in [0.4, 0.5) is 18.9 Å². The lowest BCUT2D eigenvalue weighted by Crippen LogP contribution is -2.41. The first kappa shape index (κ1) is 33.0. The third-order valence-corrected chi connectivity index (χ3v) is 9.08. The average Bonchev–Trinajstić information content (AvgIpc) is 2.94. The van der Waals surface area contributed by atoms with Gasteiger partial charge in [0.1, 0.15) is 11.4 Å². The molecule has 0 bridgehead atoms. The fourth-order valence-corrected chi connectivity index (χ4v) is 6.91. The number of carbonyl (C=O) groups excluding carboxylic acids is 1. The number of pyridine rings is 1. The van der Waals surface area contributed by atoms with Crippen LogP contribution in [-0.2, 0) is 37.8 Å². The third kappa shape index (κ3) is 6.77. The van der Waals surface area contributed by atoms with Gasteiger partial charge in [-0.05, 0) is 59.2 Å². The van der Waals surface area contributed by atoms with Gasteiger partial charge in [0.25, 0.3) is 10.0 Å². The molecular weight excluding hydrogens is 593 g/mol. The largest absolute Gasteiger partial charge is 0.512 e. The fraction of sp³-hybridized carbons (Fsp3) is 0.394. The Hall–Kier alpha value is -3.86. The molecule has 11 heteroatoms. The Morgan fingerprint density at radius 1 is 1.05 bits per heavy atom. The van der Waals surface area contributed by atoms with E-state index in [9.17, 15) is 31.5 Å². The number of benzene rings is 2. The van der Waals surface area contributed by atoms with Gasteiger partial charge in [-0.25, -0.2) is 9.78 Å². The van der Waals surface area contributed by atoms with E-state index >= 15 is 0 Å². The van der Waals surface area contributed by atoms with Crippen LogP contribution in [0.25, 0.3) is 0 Å². The maximum Gasteiger partial charge on any atom is 0.417 e. The minimum absolute atomic E-state index is 0.0829. The molecule has 2 unspecified atom stereocenters. The molecule has 0 spiro atoms. The van der Waals surface area contributed by atoms with E-state index in [1.54, 1.807) is 12.1 Å². The van der Waals surface area contributed by atoms with Gasteiger partial charge in [0.05, 0.1) is 11.1 Å². The molecule has 1 aliphatic rings. The zero-order chi connectivity index (χ0) is 32.5. The minimum atomic E-state index is -4.66. The predicted octanol–water partition coefficient (Wildman–Crippen LogP) is 8.05. The van der Waals surface area contributed by atoms with Gasteiger partial charge < -0.3 is 9.84 Å². The van der Waals surface area contributed by atoms with Crippen LogP contribution in [0.15, 0.2) is 83.2 Å². The van der Waals surface area contributed by atoms with E-state index in [0.717, 1.165) is 23.6 Å². The Balaban J connectivity index is 1.73. The number of nitrogens with one attached hydrogen (secondary N) is 1. The zero-order valence-corrected chi connectivity index (χ0v) is 26.1. The van der Waals surface area contributed by atoms with Crippen LogP contribution in [0.1, 0.15) is 82.1 Å². The van der Waals surface area contributed by atoms with Crippen LogP contribution in [0.3, 0.4) is 0 Å². The number of anilines is 1. The second kappa shape index (κ2) is 12.3. The van der Waals surface area contributed by atoms with Crippen molar-refractivity contribution < 1.29 is 36.2 Å². The van der Waals surface area contributed by atoms with Crippen molar-refractivity contribution in [2.24, 2.45) is 5.41 Å². The Kier molecular flexibility index (Phi) is 9.21. The van der Waals surface area contributed by atoms with Crippen LogP contribution in [0, 0.1) is 5.41 Å². The molecule has 1 aromatic heterocycles. The second-order valence-corrected chi connectivity index (χ2v) is 13.7. The standard InChI is InChI=1S/C33H37F3N2O5S/c1-6-17-32(25-14-9-8-11-21(25)7-2)19-26(39)28(30(40)43-32)29(31(3,4)5)22-12-10-13-24(18-22)38-44(41,42)27-16-15-23(20-37-27)33(34,35)36/h8-16,18,20,29,38-39H,6-7,17,19H2,1-5H3. The Labute approximate surface area is 256 Å². The summed E-state index contributed by atoms with van der Waals surface area (Å²) in [6.45, 7) is 9.71. The number of halogens is 3. The number of carbonyl (C=O) groups is 1. The van der Waals surface area contributed by atoms with E-state index in [1.165, 1.54) is 12.1 Å².